The maximum absolute atomic E-state index is 3.53. The summed E-state index contributed by atoms with van der Waals surface area (Å²) in [5.74, 6) is 0. The van der Waals surface area contributed by atoms with Gasteiger partial charge in [0.2, 0.25) is 0 Å². The third kappa shape index (κ3) is 2.39. The fourth-order valence-corrected chi connectivity index (χ4v) is 2.56. The van der Waals surface area contributed by atoms with Gasteiger partial charge >= 0.3 is 0 Å². The molecule has 0 bridgehead atoms. The predicted molar refractivity (Wildman–Crippen MR) is 68.4 cm³/mol. The lowest BCUT2D eigenvalue weighted by molar-refractivity contribution is 0.536. The van der Waals surface area contributed by atoms with Crippen molar-refractivity contribution in [2.45, 2.75) is 32.9 Å². The van der Waals surface area contributed by atoms with E-state index in [0.29, 0.717) is 6.04 Å². The SMILES string of the molecule is CC[C@H](C)NCc1csc2ccccc12. The van der Waals surface area contributed by atoms with Crippen molar-refractivity contribution in [2.24, 2.45) is 0 Å². The molecule has 2 rings (SSSR count). The van der Waals surface area contributed by atoms with Crippen molar-refractivity contribution in [1.29, 1.82) is 0 Å². The maximum Gasteiger partial charge on any atom is 0.0346 e. The molecule has 0 saturated heterocycles. The Morgan fingerprint density at radius 1 is 1.33 bits per heavy atom. The van der Waals surface area contributed by atoms with Gasteiger partial charge in [0, 0.05) is 17.3 Å². The summed E-state index contributed by atoms with van der Waals surface area (Å²) in [6.07, 6.45) is 1.18. The average molecular weight is 219 g/mol. The van der Waals surface area contributed by atoms with E-state index in [-0.39, 0.29) is 0 Å². The van der Waals surface area contributed by atoms with Crippen LogP contribution < -0.4 is 5.32 Å². The molecule has 1 nitrogen and oxygen atoms in total. The number of hydrogen-bond acceptors (Lipinski definition) is 2. The monoisotopic (exact) mass is 219 g/mol. The van der Waals surface area contributed by atoms with Gasteiger partial charge in [0.1, 0.15) is 0 Å². The first kappa shape index (κ1) is 10.7. The van der Waals surface area contributed by atoms with E-state index in [1.54, 1.807) is 0 Å². The van der Waals surface area contributed by atoms with Crippen LogP contribution in [0.2, 0.25) is 0 Å². The summed E-state index contributed by atoms with van der Waals surface area (Å²) in [7, 11) is 0. The van der Waals surface area contributed by atoms with Gasteiger partial charge in [-0.3, -0.25) is 0 Å². The Hall–Kier alpha value is -0.860. The average Bonchev–Trinajstić information content (AvgIpc) is 2.69. The maximum atomic E-state index is 3.53. The molecule has 0 spiro atoms. The number of hydrogen-bond donors (Lipinski definition) is 1. The van der Waals surface area contributed by atoms with Gasteiger partial charge in [0.25, 0.3) is 0 Å². The van der Waals surface area contributed by atoms with E-state index in [4.69, 9.17) is 0 Å². The van der Waals surface area contributed by atoms with Gasteiger partial charge in [0.15, 0.2) is 0 Å². The molecule has 0 saturated carbocycles. The van der Waals surface area contributed by atoms with Crippen molar-refractivity contribution in [3.8, 4) is 0 Å². The van der Waals surface area contributed by atoms with Gasteiger partial charge in [-0.25, -0.2) is 0 Å². The van der Waals surface area contributed by atoms with Crippen LogP contribution >= 0.6 is 11.3 Å². The Morgan fingerprint density at radius 3 is 2.93 bits per heavy atom. The van der Waals surface area contributed by atoms with Crippen molar-refractivity contribution >= 4 is 21.4 Å². The Labute approximate surface area is 95.1 Å². The van der Waals surface area contributed by atoms with Crippen LogP contribution in [0.4, 0.5) is 0 Å². The van der Waals surface area contributed by atoms with E-state index < -0.39 is 0 Å². The molecule has 2 heteroatoms. The minimum Gasteiger partial charge on any atom is -0.310 e. The first-order valence-electron chi connectivity index (χ1n) is 5.49. The third-order valence-corrected chi connectivity index (χ3v) is 3.83. The van der Waals surface area contributed by atoms with E-state index in [9.17, 15) is 0 Å². The lowest BCUT2D eigenvalue weighted by Crippen LogP contribution is -2.24. The fraction of sp³-hybridized carbons (Fsp3) is 0.385. The summed E-state index contributed by atoms with van der Waals surface area (Å²) in [4.78, 5) is 0. The van der Waals surface area contributed by atoms with E-state index in [2.05, 4.69) is 48.8 Å². The second-order valence-corrected chi connectivity index (χ2v) is 4.86. The van der Waals surface area contributed by atoms with E-state index in [1.807, 2.05) is 11.3 Å². The van der Waals surface area contributed by atoms with Crippen LogP contribution in [0.25, 0.3) is 10.1 Å². The molecule has 0 amide bonds. The Morgan fingerprint density at radius 2 is 2.13 bits per heavy atom. The minimum atomic E-state index is 0.601. The van der Waals surface area contributed by atoms with E-state index in [1.165, 1.54) is 22.1 Å². The number of benzene rings is 1. The second kappa shape index (κ2) is 4.77. The van der Waals surface area contributed by atoms with E-state index >= 15 is 0 Å². The van der Waals surface area contributed by atoms with Crippen LogP contribution in [0.1, 0.15) is 25.8 Å². The zero-order chi connectivity index (χ0) is 10.7. The number of fused-ring (bicyclic) bond motifs is 1. The molecule has 80 valence electrons. The van der Waals surface area contributed by atoms with Crippen molar-refractivity contribution in [3.63, 3.8) is 0 Å². The highest BCUT2D eigenvalue weighted by Gasteiger charge is 2.04. The summed E-state index contributed by atoms with van der Waals surface area (Å²) in [6.45, 7) is 5.43. The van der Waals surface area contributed by atoms with Crippen molar-refractivity contribution in [1.82, 2.24) is 5.32 Å². The van der Waals surface area contributed by atoms with Gasteiger partial charge in [-0.15, -0.1) is 11.3 Å². The Bertz CT molecular complexity index is 433. The summed E-state index contributed by atoms with van der Waals surface area (Å²) < 4.78 is 1.39. The van der Waals surface area contributed by atoms with Crippen molar-refractivity contribution < 1.29 is 0 Å². The first-order chi connectivity index (χ1) is 7.31. The standard InChI is InChI=1S/C13H17NS/c1-3-10(2)14-8-11-9-15-13-7-5-4-6-12(11)13/h4-7,9-10,14H,3,8H2,1-2H3/t10-/m0/s1. The molecule has 0 aliphatic heterocycles. The summed E-state index contributed by atoms with van der Waals surface area (Å²) in [6, 6.07) is 9.21. The molecule has 0 fully saturated rings. The molecule has 1 aromatic heterocycles. The molecule has 1 heterocycles. The predicted octanol–water partition coefficient (Wildman–Crippen LogP) is 3.79. The smallest absolute Gasteiger partial charge is 0.0346 e. The van der Waals surface area contributed by atoms with Crippen molar-refractivity contribution in [3.05, 3.63) is 35.2 Å². The van der Waals surface area contributed by atoms with Gasteiger partial charge < -0.3 is 5.32 Å². The van der Waals surface area contributed by atoms with Gasteiger partial charge in [-0.2, -0.15) is 0 Å². The zero-order valence-corrected chi connectivity index (χ0v) is 10.1. The van der Waals surface area contributed by atoms with Gasteiger partial charge in [0.05, 0.1) is 0 Å². The highest BCUT2D eigenvalue weighted by atomic mass is 32.1. The fourth-order valence-electron chi connectivity index (χ4n) is 1.60. The van der Waals surface area contributed by atoms with Crippen LogP contribution in [0.3, 0.4) is 0 Å². The molecule has 1 aromatic carbocycles. The molecular weight excluding hydrogens is 202 g/mol. The Balaban J connectivity index is 2.14. The number of rotatable bonds is 4. The van der Waals surface area contributed by atoms with E-state index in [0.717, 1.165) is 6.54 Å². The lowest BCUT2D eigenvalue weighted by atomic mass is 10.1. The highest BCUT2D eigenvalue weighted by Crippen LogP contribution is 2.25. The van der Waals surface area contributed by atoms with Crippen LogP contribution in [-0.2, 0) is 6.54 Å². The molecule has 0 aliphatic carbocycles. The summed E-state index contributed by atoms with van der Waals surface area (Å²) in [5.41, 5.74) is 1.43. The van der Waals surface area contributed by atoms with Crippen LogP contribution in [-0.4, -0.2) is 6.04 Å². The summed E-state index contributed by atoms with van der Waals surface area (Å²) >= 11 is 1.83. The minimum absolute atomic E-state index is 0.601. The molecule has 15 heavy (non-hydrogen) atoms. The molecule has 0 aliphatic rings. The summed E-state index contributed by atoms with van der Waals surface area (Å²) in [5, 5.41) is 7.20. The van der Waals surface area contributed by atoms with Crippen LogP contribution in [0.15, 0.2) is 29.6 Å². The topological polar surface area (TPSA) is 12.0 Å². The number of nitrogens with one attached hydrogen (secondary N) is 1. The molecule has 1 atom stereocenters. The van der Waals surface area contributed by atoms with Crippen molar-refractivity contribution in [2.75, 3.05) is 0 Å². The zero-order valence-electron chi connectivity index (χ0n) is 9.29. The van der Waals surface area contributed by atoms with Gasteiger partial charge in [-0.1, -0.05) is 25.1 Å². The third-order valence-electron chi connectivity index (χ3n) is 2.81. The van der Waals surface area contributed by atoms with Gasteiger partial charge in [-0.05, 0) is 35.7 Å². The normalized spacial score (nSPS) is 13.2. The largest absolute Gasteiger partial charge is 0.310 e. The molecular formula is C13H17NS. The van der Waals surface area contributed by atoms with Crippen LogP contribution in [0.5, 0.6) is 0 Å². The first-order valence-corrected chi connectivity index (χ1v) is 6.37. The second-order valence-electron chi connectivity index (χ2n) is 3.95. The molecule has 0 unspecified atom stereocenters. The number of thiophene rings is 1. The molecule has 2 aromatic rings. The highest BCUT2D eigenvalue weighted by molar-refractivity contribution is 7.17. The quantitative estimate of drug-likeness (QED) is 0.825. The Kier molecular flexibility index (Phi) is 3.39. The lowest BCUT2D eigenvalue weighted by Gasteiger charge is -2.10. The molecule has 0 radical (unpaired) electrons. The van der Waals surface area contributed by atoms with Crippen LogP contribution in [0, 0.1) is 0 Å². The molecule has 1 N–H and O–H groups in total.